The zero-order valence-electron chi connectivity index (χ0n) is 16.3. The first-order valence-corrected chi connectivity index (χ1v) is 12.3. The van der Waals surface area contributed by atoms with Crippen LogP contribution in [0.3, 0.4) is 0 Å². The minimum absolute atomic E-state index is 0.0799. The molecule has 0 radical (unpaired) electrons. The Kier molecular flexibility index (Phi) is 7.91. The summed E-state index contributed by atoms with van der Waals surface area (Å²) in [4.78, 5) is 12.3. The quantitative estimate of drug-likeness (QED) is 0.649. The van der Waals surface area contributed by atoms with Crippen LogP contribution in [-0.4, -0.2) is 30.8 Å². The highest BCUT2D eigenvalue weighted by molar-refractivity contribution is 7.88. The van der Waals surface area contributed by atoms with E-state index in [-0.39, 0.29) is 17.7 Å². The van der Waals surface area contributed by atoms with Gasteiger partial charge < -0.3 is 5.32 Å². The molecule has 6 nitrogen and oxygen atoms in total. The Labute approximate surface area is 169 Å². The fourth-order valence-electron chi connectivity index (χ4n) is 2.70. The van der Waals surface area contributed by atoms with Gasteiger partial charge in [-0.15, -0.1) is 0 Å². The van der Waals surface area contributed by atoms with Gasteiger partial charge in [0, 0.05) is 41.0 Å². The zero-order valence-corrected chi connectivity index (χ0v) is 17.9. The first-order chi connectivity index (χ1) is 13.1. The van der Waals surface area contributed by atoms with E-state index in [1.165, 1.54) is 0 Å². The Morgan fingerprint density at radius 2 is 1.68 bits per heavy atom. The highest BCUT2D eigenvalue weighted by Gasteiger charge is 2.13. The topological polar surface area (TPSA) is 92.3 Å². The van der Waals surface area contributed by atoms with Crippen LogP contribution in [0.5, 0.6) is 0 Å². The first-order valence-electron chi connectivity index (χ1n) is 8.89. The van der Waals surface area contributed by atoms with E-state index in [9.17, 15) is 17.4 Å². The number of rotatable bonds is 9. The van der Waals surface area contributed by atoms with Crippen molar-refractivity contribution in [3.8, 4) is 0 Å². The summed E-state index contributed by atoms with van der Waals surface area (Å²) in [7, 11) is -4.33. The summed E-state index contributed by atoms with van der Waals surface area (Å²) >= 11 is 0. The van der Waals surface area contributed by atoms with E-state index in [0.717, 1.165) is 11.1 Å². The van der Waals surface area contributed by atoms with Crippen molar-refractivity contribution in [2.75, 3.05) is 6.26 Å². The van der Waals surface area contributed by atoms with Gasteiger partial charge in [-0.3, -0.25) is 9.00 Å². The van der Waals surface area contributed by atoms with Gasteiger partial charge in [0.05, 0.1) is 5.75 Å². The molecule has 0 bridgehead atoms. The van der Waals surface area contributed by atoms with E-state index in [4.69, 9.17) is 0 Å². The second kappa shape index (κ2) is 9.95. The van der Waals surface area contributed by atoms with Gasteiger partial charge in [0.1, 0.15) is 0 Å². The smallest absolute Gasteiger partial charge is 0.251 e. The Balaban J connectivity index is 1.94. The predicted octanol–water partition coefficient (Wildman–Crippen LogP) is 2.32. The van der Waals surface area contributed by atoms with Crippen LogP contribution in [0.15, 0.2) is 48.5 Å². The third kappa shape index (κ3) is 7.53. The monoisotopic (exact) mass is 422 g/mol. The number of carbonyl (C=O) groups excluding carboxylic acids is 1. The molecular weight excluding hydrogens is 396 g/mol. The molecule has 28 heavy (non-hydrogen) atoms. The van der Waals surface area contributed by atoms with E-state index >= 15 is 0 Å². The Morgan fingerprint density at radius 1 is 1.04 bits per heavy atom. The third-order valence-corrected chi connectivity index (χ3v) is 6.09. The molecule has 0 heterocycles. The lowest BCUT2D eigenvalue weighted by atomic mass is 10.1. The highest BCUT2D eigenvalue weighted by atomic mass is 32.2. The van der Waals surface area contributed by atoms with Gasteiger partial charge in [-0.05, 0) is 42.7 Å². The molecule has 1 amide bonds. The van der Waals surface area contributed by atoms with Crippen molar-refractivity contribution in [2.45, 2.75) is 37.9 Å². The molecule has 152 valence electrons. The minimum atomic E-state index is -3.36. The lowest BCUT2D eigenvalue weighted by molar-refractivity contribution is 0.0951. The molecule has 2 aromatic carbocycles. The lowest BCUT2D eigenvalue weighted by Gasteiger charge is -2.10. The van der Waals surface area contributed by atoms with E-state index in [1.54, 1.807) is 62.6 Å². The minimum Gasteiger partial charge on any atom is -0.348 e. The van der Waals surface area contributed by atoms with Crippen LogP contribution < -0.4 is 10.0 Å². The standard InChI is InChI=1S/C20H26N2O4S2/c1-15(2)22-28(25,26)14-17-9-7-16(8-10-17)12-21-20(23)19-6-4-5-18(11-19)13-27(3)24/h4-11,15,22H,12-14H2,1-3H3,(H,21,23). The lowest BCUT2D eigenvalue weighted by Crippen LogP contribution is -2.31. The Morgan fingerprint density at radius 3 is 2.29 bits per heavy atom. The molecule has 0 fully saturated rings. The molecule has 0 saturated carbocycles. The predicted molar refractivity (Wildman–Crippen MR) is 113 cm³/mol. The fourth-order valence-corrected chi connectivity index (χ4v) is 4.78. The van der Waals surface area contributed by atoms with E-state index in [2.05, 4.69) is 10.0 Å². The number of amides is 1. The summed E-state index contributed by atoms with van der Waals surface area (Å²) in [6.07, 6.45) is 1.63. The summed E-state index contributed by atoms with van der Waals surface area (Å²) in [5.41, 5.74) is 2.93. The Bertz CT molecular complexity index is 939. The molecular formula is C20H26N2O4S2. The molecule has 2 rings (SSSR count). The maximum Gasteiger partial charge on any atom is 0.251 e. The van der Waals surface area contributed by atoms with E-state index in [0.29, 0.717) is 23.4 Å². The van der Waals surface area contributed by atoms with Crippen LogP contribution in [0.1, 0.15) is 40.9 Å². The molecule has 0 aliphatic rings. The second-order valence-electron chi connectivity index (χ2n) is 6.95. The molecule has 0 aliphatic carbocycles. The highest BCUT2D eigenvalue weighted by Crippen LogP contribution is 2.10. The zero-order chi connectivity index (χ0) is 20.7. The largest absolute Gasteiger partial charge is 0.348 e. The van der Waals surface area contributed by atoms with Crippen molar-refractivity contribution in [2.24, 2.45) is 0 Å². The van der Waals surface area contributed by atoms with Crippen LogP contribution in [0, 0.1) is 0 Å². The average Bonchev–Trinajstić information content (AvgIpc) is 2.59. The Hall–Kier alpha value is -2.03. The van der Waals surface area contributed by atoms with Crippen LogP contribution in [0.25, 0.3) is 0 Å². The molecule has 8 heteroatoms. The van der Waals surface area contributed by atoms with Crippen molar-refractivity contribution in [3.63, 3.8) is 0 Å². The first kappa shape index (κ1) is 22.3. The normalized spacial score (nSPS) is 12.7. The molecule has 0 aromatic heterocycles. The van der Waals surface area contributed by atoms with Crippen LogP contribution >= 0.6 is 0 Å². The van der Waals surface area contributed by atoms with Crippen molar-refractivity contribution in [3.05, 3.63) is 70.8 Å². The van der Waals surface area contributed by atoms with Crippen molar-refractivity contribution in [1.82, 2.24) is 10.0 Å². The van der Waals surface area contributed by atoms with Gasteiger partial charge in [0.25, 0.3) is 5.91 Å². The van der Waals surface area contributed by atoms with Gasteiger partial charge >= 0.3 is 0 Å². The van der Waals surface area contributed by atoms with Gasteiger partial charge in [0.2, 0.25) is 10.0 Å². The van der Waals surface area contributed by atoms with E-state index in [1.807, 2.05) is 6.07 Å². The average molecular weight is 423 g/mol. The van der Waals surface area contributed by atoms with Crippen LogP contribution in [-0.2, 0) is 38.9 Å². The van der Waals surface area contributed by atoms with Crippen LogP contribution in [0.2, 0.25) is 0 Å². The van der Waals surface area contributed by atoms with E-state index < -0.39 is 20.8 Å². The molecule has 2 aromatic rings. The molecule has 1 unspecified atom stereocenters. The van der Waals surface area contributed by atoms with Crippen molar-refractivity contribution in [1.29, 1.82) is 0 Å². The SMILES string of the molecule is CC(C)NS(=O)(=O)Cc1ccc(CNC(=O)c2cccc(CS(C)=O)c2)cc1. The van der Waals surface area contributed by atoms with Crippen molar-refractivity contribution >= 4 is 26.7 Å². The molecule has 1 atom stereocenters. The summed E-state index contributed by atoms with van der Waals surface area (Å²) in [5.74, 6) is 0.122. The number of hydrogen-bond donors (Lipinski definition) is 2. The molecule has 0 saturated heterocycles. The number of sulfonamides is 1. The number of benzene rings is 2. The van der Waals surface area contributed by atoms with Crippen molar-refractivity contribution < 1.29 is 17.4 Å². The molecule has 0 aliphatic heterocycles. The summed E-state index contributed by atoms with van der Waals surface area (Å²) in [6.45, 7) is 3.89. The summed E-state index contributed by atoms with van der Waals surface area (Å²) < 4.78 is 37.8. The van der Waals surface area contributed by atoms with Gasteiger partial charge in [-0.25, -0.2) is 13.1 Å². The second-order valence-corrected chi connectivity index (χ2v) is 10.1. The fraction of sp³-hybridized carbons (Fsp3) is 0.350. The maximum absolute atomic E-state index is 12.3. The van der Waals surface area contributed by atoms with Gasteiger partial charge in [-0.1, -0.05) is 36.4 Å². The maximum atomic E-state index is 12.3. The van der Waals surface area contributed by atoms with Crippen LogP contribution in [0.4, 0.5) is 0 Å². The third-order valence-electron chi connectivity index (χ3n) is 3.81. The molecule has 2 N–H and O–H groups in total. The summed E-state index contributed by atoms with van der Waals surface area (Å²) in [5, 5.41) is 2.84. The number of hydrogen-bond acceptors (Lipinski definition) is 4. The number of nitrogens with one attached hydrogen (secondary N) is 2. The van der Waals surface area contributed by atoms with Gasteiger partial charge in [-0.2, -0.15) is 0 Å². The number of carbonyl (C=O) groups is 1. The molecule has 0 spiro atoms. The summed E-state index contributed by atoms with van der Waals surface area (Å²) in [6, 6.07) is 14.0. The van der Waals surface area contributed by atoms with Gasteiger partial charge in [0.15, 0.2) is 0 Å².